The molecule has 3 aromatic rings. The highest BCUT2D eigenvalue weighted by molar-refractivity contribution is 7.71. The first-order valence-electron chi connectivity index (χ1n) is 11.6. The molecule has 1 aliphatic heterocycles. The number of fused-ring (bicyclic) bond motifs is 3. The number of carbonyl (C=O) groups excluding carboxylic acids is 1. The van der Waals surface area contributed by atoms with Gasteiger partial charge in [0.1, 0.15) is 0 Å². The summed E-state index contributed by atoms with van der Waals surface area (Å²) in [7, 11) is 0. The molecule has 1 N–H and O–H groups in total. The standard InChI is InChI=1S/C24H32N6O2S/c1-5-12-28-22(32)19-8-6-7-9-20(19)30-23(28)26-29(24(30)33)15-27-13-10-18(11-14-27)21(31)25-17(4)16(2)3/h5-9,16-18H,1,10-15H2,2-4H3,(H,25,31). The van der Waals surface area contributed by atoms with Crippen molar-refractivity contribution in [2.45, 2.75) is 52.9 Å². The molecule has 0 bridgehead atoms. The number of amides is 1. The maximum atomic E-state index is 13.0. The Morgan fingerprint density at radius 3 is 2.64 bits per heavy atom. The molecule has 9 heteroatoms. The second-order valence-electron chi connectivity index (χ2n) is 9.21. The van der Waals surface area contributed by atoms with E-state index in [0.717, 1.165) is 31.4 Å². The lowest BCUT2D eigenvalue weighted by atomic mass is 9.95. The van der Waals surface area contributed by atoms with E-state index < -0.39 is 0 Å². The summed E-state index contributed by atoms with van der Waals surface area (Å²) in [6, 6.07) is 7.63. The maximum Gasteiger partial charge on any atom is 0.263 e. The van der Waals surface area contributed by atoms with Gasteiger partial charge in [0, 0.05) is 31.6 Å². The predicted molar refractivity (Wildman–Crippen MR) is 133 cm³/mol. The third-order valence-corrected chi connectivity index (χ3v) is 7.05. The van der Waals surface area contributed by atoms with E-state index in [0.29, 0.717) is 35.1 Å². The molecule has 4 rings (SSSR count). The van der Waals surface area contributed by atoms with E-state index in [1.165, 1.54) is 0 Å². The molecule has 0 saturated carbocycles. The smallest absolute Gasteiger partial charge is 0.263 e. The number of benzene rings is 1. The molecule has 0 spiro atoms. The Hall–Kier alpha value is -2.78. The molecular formula is C24H32N6O2S. The Kier molecular flexibility index (Phi) is 6.81. The fraction of sp³-hybridized carbons (Fsp3) is 0.500. The molecule has 2 aromatic heterocycles. The first-order valence-corrected chi connectivity index (χ1v) is 12.0. The largest absolute Gasteiger partial charge is 0.353 e. The van der Waals surface area contributed by atoms with Crippen LogP contribution in [0.25, 0.3) is 16.7 Å². The van der Waals surface area contributed by atoms with E-state index in [2.05, 4.69) is 37.6 Å². The van der Waals surface area contributed by atoms with E-state index in [4.69, 9.17) is 17.3 Å². The average molecular weight is 469 g/mol. The molecule has 3 heterocycles. The summed E-state index contributed by atoms with van der Waals surface area (Å²) in [4.78, 5) is 27.9. The molecule has 0 aliphatic carbocycles. The number of rotatable bonds is 7. The van der Waals surface area contributed by atoms with Gasteiger partial charge in [0.25, 0.3) is 5.56 Å². The van der Waals surface area contributed by atoms with Crippen molar-refractivity contribution in [3.8, 4) is 0 Å². The summed E-state index contributed by atoms with van der Waals surface area (Å²) in [5.74, 6) is 1.12. The molecule has 1 saturated heterocycles. The van der Waals surface area contributed by atoms with Gasteiger partial charge in [0.2, 0.25) is 16.5 Å². The monoisotopic (exact) mass is 468 g/mol. The number of hydrogen-bond donors (Lipinski definition) is 1. The van der Waals surface area contributed by atoms with E-state index in [-0.39, 0.29) is 23.4 Å². The number of carbonyl (C=O) groups is 1. The third kappa shape index (κ3) is 4.52. The van der Waals surface area contributed by atoms with E-state index in [9.17, 15) is 9.59 Å². The van der Waals surface area contributed by atoms with Gasteiger partial charge in [0.05, 0.1) is 17.6 Å². The predicted octanol–water partition coefficient (Wildman–Crippen LogP) is 3.20. The Labute approximate surface area is 198 Å². The number of aromatic nitrogens is 4. The second kappa shape index (κ2) is 9.61. The van der Waals surface area contributed by atoms with Crippen molar-refractivity contribution in [1.82, 2.24) is 29.0 Å². The van der Waals surface area contributed by atoms with Crippen molar-refractivity contribution in [3.63, 3.8) is 0 Å². The number of nitrogens with zero attached hydrogens (tertiary/aromatic N) is 5. The van der Waals surface area contributed by atoms with Gasteiger partial charge >= 0.3 is 0 Å². The maximum absolute atomic E-state index is 13.0. The molecule has 33 heavy (non-hydrogen) atoms. The summed E-state index contributed by atoms with van der Waals surface area (Å²) in [5.41, 5.74) is 0.649. The first kappa shape index (κ1) is 23.4. The summed E-state index contributed by atoms with van der Waals surface area (Å²) in [5, 5.41) is 8.47. The zero-order valence-electron chi connectivity index (χ0n) is 19.5. The van der Waals surface area contributed by atoms with Crippen molar-refractivity contribution in [2.24, 2.45) is 11.8 Å². The van der Waals surface area contributed by atoms with Crippen LogP contribution in [0.15, 0.2) is 41.7 Å². The van der Waals surface area contributed by atoms with Crippen LogP contribution in [0.3, 0.4) is 0 Å². The zero-order valence-corrected chi connectivity index (χ0v) is 20.3. The van der Waals surface area contributed by atoms with Crippen LogP contribution in [0.1, 0.15) is 33.6 Å². The molecule has 176 valence electrons. The minimum absolute atomic E-state index is 0.0400. The molecule has 1 atom stereocenters. The van der Waals surface area contributed by atoms with Crippen molar-refractivity contribution < 1.29 is 4.79 Å². The molecule has 1 unspecified atom stereocenters. The molecule has 0 radical (unpaired) electrons. The lowest BCUT2D eigenvalue weighted by Gasteiger charge is -2.31. The average Bonchev–Trinajstić information content (AvgIpc) is 3.12. The van der Waals surface area contributed by atoms with Crippen LogP contribution in [0.5, 0.6) is 0 Å². The number of nitrogens with one attached hydrogen (secondary N) is 1. The van der Waals surface area contributed by atoms with Crippen LogP contribution in [-0.2, 0) is 18.0 Å². The van der Waals surface area contributed by atoms with Gasteiger partial charge in [0.15, 0.2) is 0 Å². The van der Waals surface area contributed by atoms with Gasteiger partial charge in [-0.15, -0.1) is 11.7 Å². The van der Waals surface area contributed by atoms with Gasteiger partial charge in [-0.25, -0.2) is 4.68 Å². The Bertz CT molecular complexity index is 1300. The Balaban J connectivity index is 1.57. The van der Waals surface area contributed by atoms with Crippen LogP contribution >= 0.6 is 12.2 Å². The number of likely N-dealkylation sites (tertiary alicyclic amines) is 1. The highest BCUT2D eigenvalue weighted by atomic mass is 32.1. The zero-order chi connectivity index (χ0) is 23.7. The minimum atomic E-state index is -0.104. The molecular weight excluding hydrogens is 436 g/mol. The Morgan fingerprint density at radius 1 is 1.27 bits per heavy atom. The van der Waals surface area contributed by atoms with Gasteiger partial charge < -0.3 is 5.32 Å². The normalized spacial score (nSPS) is 16.5. The quantitative estimate of drug-likeness (QED) is 0.426. The van der Waals surface area contributed by atoms with Gasteiger partial charge in [-0.05, 0) is 50.0 Å². The second-order valence-corrected chi connectivity index (χ2v) is 9.58. The van der Waals surface area contributed by atoms with Crippen LogP contribution in [0.2, 0.25) is 0 Å². The SMILES string of the molecule is C=CCn1c(=O)c2ccccc2n2c(=S)n(CN3CCC(C(=O)NC(C)C(C)C)CC3)nc12. The number of para-hydroxylation sites is 1. The molecule has 8 nitrogen and oxygen atoms in total. The number of allylic oxidation sites excluding steroid dienone is 1. The van der Waals surface area contributed by atoms with Crippen molar-refractivity contribution >= 4 is 34.8 Å². The van der Waals surface area contributed by atoms with Gasteiger partial charge in [-0.2, -0.15) is 0 Å². The van der Waals surface area contributed by atoms with E-state index in [1.54, 1.807) is 15.3 Å². The van der Waals surface area contributed by atoms with Crippen LogP contribution < -0.4 is 10.9 Å². The van der Waals surface area contributed by atoms with Crippen molar-refractivity contribution in [1.29, 1.82) is 0 Å². The molecule has 1 aromatic carbocycles. The topological polar surface area (TPSA) is 76.6 Å². The lowest BCUT2D eigenvalue weighted by Crippen LogP contribution is -2.44. The van der Waals surface area contributed by atoms with Crippen LogP contribution in [0.4, 0.5) is 0 Å². The summed E-state index contributed by atoms with van der Waals surface area (Å²) in [6.45, 7) is 12.5. The number of piperidine rings is 1. The summed E-state index contributed by atoms with van der Waals surface area (Å²) in [6.07, 6.45) is 3.30. The molecule has 1 fully saturated rings. The van der Waals surface area contributed by atoms with E-state index >= 15 is 0 Å². The minimum Gasteiger partial charge on any atom is -0.353 e. The molecule has 1 amide bonds. The van der Waals surface area contributed by atoms with Crippen LogP contribution in [0, 0.1) is 16.6 Å². The van der Waals surface area contributed by atoms with Crippen LogP contribution in [-0.4, -0.2) is 48.7 Å². The first-order chi connectivity index (χ1) is 15.8. The van der Waals surface area contributed by atoms with Gasteiger partial charge in [-0.1, -0.05) is 32.1 Å². The van der Waals surface area contributed by atoms with E-state index in [1.807, 2.05) is 28.7 Å². The fourth-order valence-corrected chi connectivity index (χ4v) is 4.57. The summed E-state index contributed by atoms with van der Waals surface area (Å²) < 4.78 is 5.79. The third-order valence-electron chi connectivity index (χ3n) is 6.66. The lowest BCUT2D eigenvalue weighted by molar-refractivity contribution is -0.127. The number of hydrogen-bond acceptors (Lipinski definition) is 5. The van der Waals surface area contributed by atoms with Crippen molar-refractivity contribution in [2.75, 3.05) is 13.1 Å². The highest BCUT2D eigenvalue weighted by Crippen LogP contribution is 2.20. The summed E-state index contributed by atoms with van der Waals surface area (Å²) >= 11 is 5.78. The van der Waals surface area contributed by atoms with Gasteiger partial charge in [-0.3, -0.25) is 23.5 Å². The van der Waals surface area contributed by atoms with Crippen molar-refractivity contribution in [3.05, 3.63) is 52.0 Å². The molecule has 1 aliphatic rings. The fourth-order valence-electron chi connectivity index (χ4n) is 4.29. The Morgan fingerprint density at radius 2 is 1.97 bits per heavy atom. The highest BCUT2D eigenvalue weighted by Gasteiger charge is 2.27.